The third-order valence-corrected chi connectivity index (χ3v) is 8.14. The smallest absolute Gasteiger partial charge is 0.318 e. The van der Waals surface area contributed by atoms with E-state index in [1.54, 1.807) is 0 Å². The van der Waals surface area contributed by atoms with Gasteiger partial charge in [0.1, 0.15) is 0 Å². The molecule has 0 saturated heterocycles. The monoisotopic (exact) mass is 378 g/mol. The van der Waals surface area contributed by atoms with Gasteiger partial charge in [-0.25, -0.2) is 0 Å². The van der Waals surface area contributed by atoms with Crippen LogP contribution in [0, 0.1) is 46.3 Å². The average Bonchev–Trinajstić information content (AvgIpc) is 3.27. The van der Waals surface area contributed by atoms with Crippen LogP contribution in [0.2, 0.25) is 0 Å². The fourth-order valence-corrected chi connectivity index (χ4v) is 7.00. The maximum atomic E-state index is 12.9. The van der Waals surface area contributed by atoms with E-state index < -0.39 is 58.4 Å². The third-order valence-electron chi connectivity index (χ3n) is 8.14. The summed E-state index contributed by atoms with van der Waals surface area (Å²) in [6.07, 6.45) is 4.34. The molecule has 0 aromatic rings. The fraction of sp³-hybridized carbons (Fsp3) is 0.800. The van der Waals surface area contributed by atoms with E-state index >= 15 is 0 Å². The number of fused-ring (bicyclic) bond motifs is 4. The zero-order chi connectivity index (χ0) is 19.7. The van der Waals surface area contributed by atoms with Crippen LogP contribution < -0.4 is 0 Å². The Morgan fingerprint density at radius 3 is 1.48 bits per heavy atom. The number of carbonyl (C=O) groups is 4. The zero-order valence-corrected chi connectivity index (χ0v) is 15.6. The highest BCUT2D eigenvalue weighted by Crippen LogP contribution is 2.62. The van der Waals surface area contributed by atoms with Crippen molar-refractivity contribution in [1.82, 2.24) is 0 Å². The van der Waals surface area contributed by atoms with Gasteiger partial charge in [-0.2, -0.15) is 0 Å². The molecule has 0 aromatic carbocycles. The summed E-state index contributed by atoms with van der Waals surface area (Å²) in [5.74, 6) is -7.06. The van der Waals surface area contributed by atoms with Crippen LogP contribution in [-0.4, -0.2) is 34.1 Å². The van der Waals surface area contributed by atoms with E-state index in [9.17, 15) is 29.4 Å². The predicted octanol–water partition coefficient (Wildman–Crippen LogP) is 2.33. The van der Waals surface area contributed by atoms with Gasteiger partial charge in [0.05, 0.1) is 23.7 Å². The Kier molecular flexibility index (Phi) is 3.95. The first-order chi connectivity index (χ1) is 12.6. The van der Waals surface area contributed by atoms with Gasteiger partial charge in [-0.15, -0.1) is 0 Å². The second kappa shape index (κ2) is 5.79. The van der Waals surface area contributed by atoms with Crippen LogP contribution in [0.25, 0.3) is 0 Å². The Hall–Kier alpha value is -1.92. The van der Waals surface area contributed by atoms with Crippen LogP contribution in [0.4, 0.5) is 0 Å². The third kappa shape index (κ3) is 2.53. The van der Waals surface area contributed by atoms with E-state index in [1.807, 2.05) is 13.8 Å². The molecular formula is C20H26O7. The van der Waals surface area contributed by atoms with Crippen LogP contribution in [0.15, 0.2) is 0 Å². The van der Waals surface area contributed by atoms with Crippen molar-refractivity contribution in [2.45, 2.75) is 52.4 Å². The molecule has 4 aliphatic carbocycles. The summed E-state index contributed by atoms with van der Waals surface area (Å²) in [6, 6.07) is 0. The second-order valence-corrected chi connectivity index (χ2v) is 9.74. The Bertz CT molecular complexity index is 670. The second-order valence-electron chi connectivity index (χ2n) is 9.74. The summed E-state index contributed by atoms with van der Waals surface area (Å²) in [5, 5.41) is 19.2. The molecule has 7 nitrogen and oxygen atoms in total. The minimum atomic E-state index is -1.02. The van der Waals surface area contributed by atoms with Gasteiger partial charge in [0.25, 0.3) is 0 Å². The summed E-state index contributed by atoms with van der Waals surface area (Å²) >= 11 is 0. The van der Waals surface area contributed by atoms with Crippen molar-refractivity contribution >= 4 is 23.9 Å². The molecule has 4 aliphatic rings. The highest BCUT2D eigenvalue weighted by molar-refractivity contribution is 5.93. The molecule has 4 bridgehead atoms. The van der Waals surface area contributed by atoms with Crippen LogP contribution in [-0.2, 0) is 23.9 Å². The SMILES string of the molecule is CC12CCC(C1)C(C(=O)O)C2C(=O)OC(=O)C1C(C(=O)O)C2CCC1(C)C2. The molecule has 8 atom stereocenters. The average molecular weight is 378 g/mol. The summed E-state index contributed by atoms with van der Waals surface area (Å²) in [4.78, 5) is 49.1. The number of carboxylic acids is 2. The maximum Gasteiger partial charge on any atom is 0.318 e. The molecule has 8 unspecified atom stereocenters. The Labute approximate surface area is 157 Å². The van der Waals surface area contributed by atoms with Gasteiger partial charge in [0, 0.05) is 0 Å². The molecular weight excluding hydrogens is 352 g/mol. The molecule has 27 heavy (non-hydrogen) atoms. The Morgan fingerprint density at radius 1 is 0.778 bits per heavy atom. The Balaban J connectivity index is 1.55. The van der Waals surface area contributed by atoms with Crippen molar-refractivity contribution in [3.63, 3.8) is 0 Å². The van der Waals surface area contributed by atoms with Gasteiger partial charge in [-0.05, 0) is 61.2 Å². The van der Waals surface area contributed by atoms with Crippen molar-refractivity contribution in [3.05, 3.63) is 0 Å². The van der Waals surface area contributed by atoms with Gasteiger partial charge in [-0.3, -0.25) is 19.2 Å². The van der Waals surface area contributed by atoms with Crippen molar-refractivity contribution < 1.29 is 34.1 Å². The minimum Gasteiger partial charge on any atom is -0.481 e. The summed E-state index contributed by atoms with van der Waals surface area (Å²) < 4.78 is 5.21. The molecule has 4 rings (SSSR count). The number of esters is 2. The number of ether oxygens (including phenoxy) is 1. The lowest BCUT2D eigenvalue weighted by atomic mass is 9.70. The molecule has 2 N–H and O–H groups in total. The van der Waals surface area contributed by atoms with Crippen molar-refractivity contribution in [2.24, 2.45) is 46.3 Å². The molecule has 4 saturated carbocycles. The lowest BCUT2D eigenvalue weighted by molar-refractivity contribution is -0.178. The fourth-order valence-electron chi connectivity index (χ4n) is 7.00. The first kappa shape index (κ1) is 18.4. The molecule has 0 amide bonds. The first-order valence-corrected chi connectivity index (χ1v) is 9.78. The van der Waals surface area contributed by atoms with Gasteiger partial charge < -0.3 is 14.9 Å². The highest BCUT2D eigenvalue weighted by atomic mass is 16.6. The van der Waals surface area contributed by atoms with Crippen molar-refractivity contribution in [1.29, 1.82) is 0 Å². The van der Waals surface area contributed by atoms with Gasteiger partial charge in [0.15, 0.2) is 0 Å². The van der Waals surface area contributed by atoms with Crippen LogP contribution in [0.1, 0.15) is 52.4 Å². The van der Waals surface area contributed by atoms with Gasteiger partial charge in [0.2, 0.25) is 0 Å². The molecule has 0 aliphatic heterocycles. The molecule has 0 aromatic heterocycles. The van der Waals surface area contributed by atoms with Crippen LogP contribution in [0.3, 0.4) is 0 Å². The molecule has 0 radical (unpaired) electrons. The van der Waals surface area contributed by atoms with E-state index in [1.165, 1.54) is 0 Å². The van der Waals surface area contributed by atoms with Crippen molar-refractivity contribution in [2.75, 3.05) is 0 Å². The number of aliphatic carboxylic acids is 2. The summed E-state index contributed by atoms with van der Waals surface area (Å²) in [6.45, 7) is 3.79. The number of carboxylic acid groups (broad SMARTS) is 2. The number of rotatable bonds is 4. The lowest BCUT2D eigenvalue weighted by Gasteiger charge is -2.35. The molecule has 0 spiro atoms. The molecule has 0 heterocycles. The van der Waals surface area contributed by atoms with E-state index in [0.29, 0.717) is 12.8 Å². The summed E-state index contributed by atoms with van der Waals surface area (Å²) in [7, 11) is 0. The van der Waals surface area contributed by atoms with Crippen LogP contribution in [0.5, 0.6) is 0 Å². The number of hydrogen-bond acceptors (Lipinski definition) is 5. The predicted molar refractivity (Wildman–Crippen MR) is 91.2 cm³/mol. The standard InChI is InChI=1S/C20H26O7/c1-19-5-3-9(7-19)11(15(21)22)13(19)17(25)27-18(26)14-12(16(23)24)10-4-6-20(14,2)8-10/h9-14H,3-8H2,1-2H3,(H,21,22)(H,23,24). The molecule has 7 heteroatoms. The first-order valence-electron chi connectivity index (χ1n) is 9.78. The van der Waals surface area contributed by atoms with E-state index in [-0.39, 0.29) is 11.8 Å². The van der Waals surface area contributed by atoms with Gasteiger partial charge >= 0.3 is 23.9 Å². The quantitative estimate of drug-likeness (QED) is 0.569. The Morgan fingerprint density at radius 2 is 1.15 bits per heavy atom. The highest BCUT2D eigenvalue weighted by Gasteiger charge is 2.64. The van der Waals surface area contributed by atoms with E-state index in [0.717, 1.165) is 25.7 Å². The lowest BCUT2D eigenvalue weighted by Crippen LogP contribution is -2.44. The van der Waals surface area contributed by atoms with Crippen LogP contribution >= 0.6 is 0 Å². The van der Waals surface area contributed by atoms with Gasteiger partial charge in [-0.1, -0.05) is 13.8 Å². The maximum absolute atomic E-state index is 12.9. The molecule has 148 valence electrons. The summed E-state index contributed by atoms with van der Waals surface area (Å²) in [5.41, 5.74) is -0.925. The minimum absolute atomic E-state index is 0.0630. The van der Waals surface area contributed by atoms with E-state index in [2.05, 4.69) is 0 Å². The van der Waals surface area contributed by atoms with E-state index in [4.69, 9.17) is 4.74 Å². The molecule has 4 fully saturated rings. The topological polar surface area (TPSA) is 118 Å². The largest absolute Gasteiger partial charge is 0.481 e. The number of carbonyl (C=O) groups excluding carboxylic acids is 2. The zero-order valence-electron chi connectivity index (χ0n) is 15.6. The number of hydrogen-bond donors (Lipinski definition) is 2. The normalized spacial score (nSPS) is 47.2. The van der Waals surface area contributed by atoms with Crippen molar-refractivity contribution in [3.8, 4) is 0 Å².